The summed E-state index contributed by atoms with van der Waals surface area (Å²) in [7, 11) is 1.60. The minimum absolute atomic E-state index is 0.200. The molecule has 0 saturated carbocycles. The zero-order valence-electron chi connectivity index (χ0n) is 11.1. The van der Waals surface area contributed by atoms with Crippen molar-refractivity contribution in [2.75, 3.05) is 13.7 Å². The van der Waals surface area contributed by atoms with Crippen LogP contribution in [-0.4, -0.2) is 19.6 Å². The number of halogens is 1. The Bertz CT molecular complexity index is 433. The van der Waals surface area contributed by atoms with Gasteiger partial charge in [-0.05, 0) is 38.5 Å². The number of amides is 1. The van der Waals surface area contributed by atoms with E-state index < -0.39 is 11.2 Å². The summed E-state index contributed by atoms with van der Waals surface area (Å²) in [5.41, 5.74) is 4.84. The van der Waals surface area contributed by atoms with E-state index in [1.807, 2.05) is 0 Å². The summed E-state index contributed by atoms with van der Waals surface area (Å²) in [4.78, 5) is 11.9. The zero-order valence-corrected chi connectivity index (χ0v) is 11.1. The van der Waals surface area contributed by atoms with Gasteiger partial charge in [-0.25, -0.2) is 9.82 Å². The Labute approximate surface area is 106 Å². The Balaban J connectivity index is 3.03. The molecule has 0 spiro atoms. The van der Waals surface area contributed by atoms with Crippen molar-refractivity contribution in [2.24, 2.45) is 0 Å². The lowest BCUT2D eigenvalue weighted by Crippen LogP contribution is -2.45. The van der Waals surface area contributed by atoms with Crippen LogP contribution in [0.2, 0.25) is 0 Å². The van der Waals surface area contributed by atoms with Crippen molar-refractivity contribution >= 4 is 5.91 Å². The van der Waals surface area contributed by atoms with Crippen molar-refractivity contribution in [3.8, 4) is 5.75 Å². The third-order valence-electron chi connectivity index (χ3n) is 2.76. The minimum atomic E-state index is -0.825. The van der Waals surface area contributed by atoms with Crippen LogP contribution in [0.4, 0.5) is 4.39 Å². The zero-order chi connectivity index (χ0) is 13.8. The average molecular weight is 254 g/mol. The molecule has 4 nitrogen and oxygen atoms in total. The van der Waals surface area contributed by atoms with Gasteiger partial charge in [-0.15, -0.1) is 0 Å². The van der Waals surface area contributed by atoms with Gasteiger partial charge in [-0.1, -0.05) is 6.07 Å². The van der Waals surface area contributed by atoms with Crippen LogP contribution < -0.4 is 15.6 Å². The van der Waals surface area contributed by atoms with E-state index in [1.54, 1.807) is 40.0 Å². The average Bonchev–Trinajstić information content (AvgIpc) is 2.32. The molecule has 0 aliphatic rings. The predicted octanol–water partition coefficient (Wildman–Crippen LogP) is 1.75. The molecule has 0 aliphatic carbocycles. The van der Waals surface area contributed by atoms with Gasteiger partial charge in [0.1, 0.15) is 0 Å². The number of carbonyl (C=O) groups excluding carboxylic acids is 1. The summed E-state index contributed by atoms with van der Waals surface area (Å²) in [6.07, 6.45) is 0. The Morgan fingerprint density at radius 2 is 2.11 bits per heavy atom. The van der Waals surface area contributed by atoms with Crippen LogP contribution in [0.5, 0.6) is 5.75 Å². The van der Waals surface area contributed by atoms with Crippen molar-refractivity contribution < 1.29 is 13.9 Å². The number of rotatable bonds is 5. The van der Waals surface area contributed by atoms with E-state index in [0.717, 1.165) is 0 Å². The molecule has 0 saturated heterocycles. The lowest BCUT2D eigenvalue weighted by molar-refractivity contribution is -0.126. The first-order chi connectivity index (χ1) is 8.43. The molecular weight excluding hydrogens is 235 g/mol. The molecule has 0 unspecified atom stereocenters. The molecule has 0 atom stereocenters. The topological polar surface area (TPSA) is 50.4 Å². The Morgan fingerprint density at radius 1 is 1.44 bits per heavy atom. The van der Waals surface area contributed by atoms with Gasteiger partial charge in [0, 0.05) is 7.05 Å². The quantitative estimate of drug-likeness (QED) is 0.787. The highest BCUT2D eigenvalue weighted by Crippen LogP contribution is 2.27. The second-order valence-electron chi connectivity index (χ2n) is 4.41. The predicted molar refractivity (Wildman–Crippen MR) is 67.8 cm³/mol. The van der Waals surface area contributed by atoms with Gasteiger partial charge in [-0.3, -0.25) is 10.2 Å². The maximum absolute atomic E-state index is 13.7. The molecule has 0 bridgehead atoms. The summed E-state index contributed by atoms with van der Waals surface area (Å²) in [5.74, 6) is -0.487. The van der Waals surface area contributed by atoms with Crippen LogP contribution >= 0.6 is 0 Å². The van der Waals surface area contributed by atoms with E-state index in [-0.39, 0.29) is 11.7 Å². The molecule has 0 aliphatic heterocycles. The number of carbonyl (C=O) groups is 1. The van der Waals surface area contributed by atoms with Crippen molar-refractivity contribution in [1.82, 2.24) is 10.9 Å². The molecule has 5 heteroatoms. The summed E-state index contributed by atoms with van der Waals surface area (Å²) in [5, 5.41) is 0. The number of hydrogen-bond donors (Lipinski definition) is 2. The van der Waals surface area contributed by atoms with Gasteiger partial charge in [-0.2, -0.15) is 0 Å². The normalized spacial score (nSPS) is 11.2. The molecule has 0 heterocycles. The maximum atomic E-state index is 13.7. The fourth-order valence-electron chi connectivity index (χ4n) is 1.56. The molecule has 0 aromatic heterocycles. The maximum Gasteiger partial charge on any atom is 0.244 e. The highest BCUT2D eigenvalue weighted by molar-refractivity contribution is 5.86. The summed E-state index contributed by atoms with van der Waals surface area (Å²) < 4.78 is 18.9. The number of hydrazine groups is 1. The number of nitrogens with one attached hydrogen (secondary N) is 2. The van der Waals surface area contributed by atoms with E-state index in [0.29, 0.717) is 12.2 Å². The van der Waals surface area contributed by atoms with Crippen LogP contribution in [0.25, 0.3) is 0 Å². The lowest BCUT2D eigenvalue weighted by atomic mass is 9.84. The van der Waals surface area contributed by atoms with E-state index in [9.17, 15) is 9.18 Å². The molecule has 2 N–H and O–H groups in total. The first kappa shape index (κ1) is 14.4. The van der Waals surface area contributed by atoms with Gasteiger partial charge in [0.25, 0.3) is 0 Å². The molecule has 1 aromatic rings. The first-order valence-electron chi connectivity index (χ1n) is 5.83. The molecule has 1 amide bonds. The first-order valence-corrected chi connectivity index (χ1v) is 5.83. The smallest absolute Gasteiger partial charge is 0.244 e. The Hall–Kier alpha value is -1.62. The lowest BCUT2D eigenvalue weighted by Gasteiger charge is -2.24. The van der Waals surface area contributed by atoms with Gasteiger partial charge in [0.05, 0.1) is 12.0 Å². The van der Waals surface area contributed by atoms with Gasteiger partial charge in [0.2, 0.25) is 5.91 Å². The highest BCUT2D eigenvalue weighted by atomic mass is 19.1. The van der Waals surface area contributed by atoms with Gasteiger partial charge >= 0.3 is 0 Å². The SMILES string of the molecule is CCOc1ccc(C(C)(C)C(=O)NNC)cc1F. The third kappa shape index (κ3) is 2.98. The number of benzene rings is 1. The number of ether oxygens (including phenoxy) is 1. The van der Waals surface area contributed by atoms with Crippen LogP contribution in [0.3, 0.4) is 0 Å². The Kier molecular flexibility index (Phi) is 4.67. The van der Waals surface area contributed by atoms with Crippen molar-refractivity contribution in [1.29, 1.82) is 0 Å². The largest absolute Gasteiger partial charge is 0.491 e. The standard InChI is InChI=1S/C13H19FN2O2/c1-5-18-11-7-6-9(8-10(11)14)13(2,3)12(17)16-15-4/h6-8,15H,5H2,1-4H3,(H,16,17). The molecule has 1 rings (SSSR count). The third-order valence-corrected chi connectivity index (χ3v) is 2.76. The monoisotopic (exact) mass is 254 g/mol. The van der Waals surface area contributed by atoms with E-state index in [1.165, 1.54) is 6.07 Å². The van der Waals surface area contributed by atoms with Crippen molar-refractivity contribution in [2.45, 2.75) is 26.2 Å². The van der Waals surface area contributed by atoms with E-state index in [2.05, 4.69) is 10.9 Å². The van der Waals surface area contributed by atoms with E-state index in [4.69, 9.17) is 4.74 Å². The fraction of sp³-hybridized carbons (Fsp3) is 0.462. The van der Waals surface area contributed by atoms with Gasteiger partial charge < -0.3 is 4.74 Å². The summed E-state index contributed by atoms with van der Waals surface area (Å²) >= 11 is 0. The Morgan fingerprint density at radius 3 is 2.61 bits per heavy atom. The van der Waals surface area contributed by atoms with Gasteiger partial charge in [0.15, 0.2) is 11.6 Å². The molecule has 1 aromatic carbocycles. The molecule has 0 fully saturated rings. The fourth-order valence-corrected chi connectivity index (χ4v) is 1.56. The second-order valence-corrected chi connectivity index (χ2v) is 4.41. The van der Waals surface area contributed by atoms with Crippen LogP contribution in [0.1, 0.15) is 26.3 Å². The molecular formula is C13H19FN2O2. The second kappa shape index (κ2) is 5.82. The van der Waals surface area contributed by atoms with Crippen LogP contribution in [-0.2, 0) is 10.2 Å². The van der Waals surface area contributed by atoms with Crippen molar-refractivity contribution in [3.63, 3.8) is 0 Å². The van der Waals surface area contributed by atoms with E-state index >= 15 is 0 Å². The highest BCUT2D eigenvalue weighted by Gasteiger charge is 2.30. The van der Waals surface area contributed by atoms with Crippen LogP contribution in [0.15, 0.2) is 18.2 Å². The minimum Gasteiger partial charge on any atom is -0.491 e. The number of hydrogen-bond acceptors (Lipinski definition) is 3. The van der Waals surface area contributed by atoms with Crippen molar-refractivity contribution in [3.05, 3.63) is 29.6 Å². The molecule has 0 radical (unpaired) electrons. The summed E-state index contributed by atoms with van der Waals surface area (Å²) in [6.45, 7) is 5.65. The molecule has 18 heavy (non-hydrogen) atoms. The van der Waals surface area contributed by atoms with Crippen LogP contribution in [0, 0.1) is 5.82 Å². The summed E-state index contributed by atoms with van der Waals surface area (Å²) in [6, 6.07) is 4.58. The molecule has 100 valence electrons.